The fraction of sp³-hybridized carbons (Fsp3) is 0.111. The number of amides is 2. The van der Waals surface area contributed by atoms with Crippen molar-refractivity contribution in [1.29, 1.82) is 0 Å². The lowest BCUT2D eigenvalue weighted by molar-refractivity contribution is -0.123. The van der Waals surface area contributed by atoms with Gasteiger partial charge in [-0.3, -0.25) is 14.5 Å². The van der Waals surface area contributed by atoms with E-state index in [0.29, 0.717) is 10.0 Å². The highest BCUT2D eigenvalue weighted by molar-refractivity contribution is 9.10. The van der Waals surface area contributed by atoms with E-state index in [9.17, 15) is 14.7 Å². The minimum absolute atomic E-state index is 0.0895. The Balaban J connectivity index is 1.91. The maximum Gasteiger partial charge on any atom is 0.293 e. The number of phenolic OH excluding ortho intramolecular Hbond substituents is 1. The van der Waals surface area contributed by atoms with Crippen molar-refractivity contribution in [2.45, 2.75) is 6.54 Å². The largest absolute Gasteiger partial charge is 0.504 e. The van der Waals surface area contributed by atoms with Gasteiger partial charge in [0.25, 0.3) is 11.1 Å². The van der Waals surface area contributed by atoms with Gasteiger partial charge in [-0.05, 0) is 41.6 Å². The number of hydrogen-bond acceptors (Lipinski definition) is 5. The number of carbonyl (C=O) groups excluding carboxylic acids is 2. The van der Waals surface area contributed by atoms with Crippen LogP contribution in [0.3, 0.4) is 0 Å². The van der Waals surface area contributed by atoms with Crippen LogP contribution in [0, 0.1) is 0 Å². The molecule has 0 radical (unpaired) electrons. The molecule has 1 heterocycles. The maximum atomic E-state index is 12.7. The molecule has 1 fully saturated rings. The second-order valence-electron chi connectivity index (χ2n) is 5.41. The van der Waals surface area contributed by atoms with Gasteiger partial charge in [0.05, 0.1) is 18.6 Å². The van der Waals surface area contributed by atoms with Crippen LogP contribution in [0.25, 0.3) is 6.08 Å². The number of imide groups is 1. The summed E-state index contributed by atoms with van der Waals surface area (Å²) in [5.41, 5.74) is 1.23. The quantitative estimate of drug-likeness (QED) is 0.589. The fourth-order valence-electron chi connectivity index (χ4n) is 2.43. The highest BCUT2D eigenvalue weighted by atomic mass is 79.9. The van der Waals surface area contributed by atoms with Gasteiger partial charge in [-0.2, -0.15) is 0 Å². The first-order valence-electron chi connectivity index (χ1n) is 7.46. The third-order valence-corrected chi connectivity index (χ3v) is 5.87. The Kier molecular flexibility index (Phi) is 5.74. The van der Waals surface area contributed by atoms with Gasteiger partial charge in [-0.1, -0.05) is 50.1 Å². The normalized spacial score (nSPS) is 15.8. The molecule has 3 rings (SSSR count). The molecule has 2 aromatic rings. The minimum Gasteiger partial charge on any atom is -0.504 e. The molecular formula is C18H13Br2NO4S. The zero-order chi connectivity index (χ0) is 18.8. The molecule has 0 unspecified atom stereocenters. The molecule has 2 aromatic carbocycles. The predicted molar refractivity (Wildman–Crippen MR) is 108 cm³/mol. The topological polar surface area (TPSA) is 66.8 Å². The number of hydrogen-bond donors (Lipinski definition) is 1. The summed E-state index contributed by atoms with van der Waals surface area (Å²) < 4.78 is 6.63. The van der Waals surface area contributed by atoms with Gasteiger partial charge in [0, 0.05) is 14.5 Å². The van der Waals surface area contributed by atoms with E-state index >= 15 is 0 Å². The van der Waals surface area contributed by atoms with Crippen LogP contribution in [0.2, 0.25) is 0 Å². The molecule has 1 N–H and O–H groups in total. The molecule has 5 nitrogen and oxygen atoms in total. The van der Waals surface area contributed by atoms with Crippen molar-refractivity contribution in [3.05, 3.63) is 61.4 Å². The van der Waals surface area contributed by atoms with Crippen molar-refractivity contribution in [3.63, 3.8) is 0 Å². The zero-order valence-electron chi connectivity index (χ0n) is 13.5. The van der Waals surface area contributed by atoms with Crippen LogP contribution < -0.4 is 4.74 Å². The van der Waals surface area contributed by atoms with E-state index in [1.165, 1.54) is 18.1 Å². The van der Waals surface area contributed by atoms with Gasteiger partial charge in [0.1, 0.15) is 0 Å². The third kappa shape index (κ3) is 3.82. The molecule has 0 saturated carbocycles. The number of thioether (sulfide) groups is 1. The number of carbonyl (C=O) groups is 2. The van der Waals surface area contributed by atoms with Crippen LogP contribution >= 0.6 is 43.6 Å². The Morgan fingerprint density at radius 3 is 2.65 bits per heavy atom. The third-order valence-electron chi connectivity index (χ3n) is 3.74. The van der Waals surface area contributed by atoms with Gasteiger partial charge in [-0.25, -0.2) is 0 Å². The highest BCUT2D eigenvalue weighted by Crippen LogP contribution is 2.39. The van der Waals surface area contributed by atoms with Gasteiger partial charge >= 0.3 is 0 Å². The lowest BCUT2D eigenvalue weighted by Gasteiger charge is -2.13. The molecule has 26 heavy (non-hydrogen) atoms. The predicted octanol–water partition coefficient (Wildman–Crippen LogP) is 5.16. The van der Waals surface area contributed by atoms with Crippen LogP contribution in [-0.2, 0) is 11.3 Å². The summed E-state index contributed by atoms with van der Waals surface area (Å²) in [5.74, 6) is -0.208. The first-order chi connectivity index (χ1) is 12.4. The van der Waals surface area contributed by atoms with E-state index in [-0.39, 0.29) is 28.2 Å². The lowest BCUT2D eigenvalue weighted by Crippen LogP contribution is -2.27. The summed E-state index contributed by atoms with van der Waals surface area (Å²) in [4.78, 5) is 26.4. The van der Waals surface area contributed by atoms with E-state index in [1.54, 1.807) is 12.1 Å². The van der Waals surface area contributed by atoms with E-state index < -0.39 is 5.91 Å². The first-order valence-corrected chi connectivity index (χ1v) is 9.86. The second-order valence-corrected chi connectivity index (χ2v) is 8.17. The number of aromatic hydroxyl groups is 1. The lowest BCUT2D eigenvalue weighted by atomic mass is 10.1. The van der Waals surface area contributed by atoms with Gasteiger partial charge in [0.2, 0.25) is 0 Å². The molecule has 0 spiro atoms. The van der Waals surface area contributed by atoms with Crippen molar-refractivity contribution in [2.75, 3.05) is 7.11 Å². The summed E-state index contributed by atoms with van der Waals surface area (Å²) >= 11 is 7.60. The van der Waals surface area contributed by atoms with E-state index in [4.69, 9.17) is 4.74 Å². The van der Waals surface area contributed by atoms with Crippen molar-refractivity contribution in [3.8, 4) is 11.5 Å². The minimum atomic E-state index is -0.394. The highest BCUT2D eigenvalue weighted by Gasteiger charge is 2.35. The molecule has 134 valence electrons. The average Bonchev–Trinajstić information content (AvgIpc) is 2.87. The van der Waals surface area contributed by atoms with Crippen molar-refractivity contribution >= 4 is 60.8 Å². The van der Waals surface area contributed by atoms with Gasteiger partial charge < -0.3 is 9.84 Å². The van der Waals surface area contributed by atoms with E-state index in [1.807, 2.05) is 24.3 Å². The Hall–Kier alpha value is -1.77. The molecule has 2 amide bonds. The fourth-order valence-corrected chi connectivity index (χ4v) is 4.13. The number of rotatable bonds is 4. The molecule has 1 aliphatic rings. The smallest absolute Gasteiger partial charge is 0.293 e. The van der Waals surface area contributed by atoms with E-state index in [2.05, 4.69) is 31.9 Å². The monoisotopic (exact) mass is 497 g/mol. The van der Waals surface area contributed by atoms with Crippen molar-refractivity contribution in [1.82, 2.24) is 4.90 Å². The number of benzene rings is 2. The molecule has 0 atom stereocenters. The molecule has 1 saturated heterocycles. The Labute approximate surface area is 171 Å². The van der Waals surface area contributed by atoms with Crippen LogP contribution in [0.5, 0.6) is 11.5 Å². The second kappa shape index (κ2) is 7.85. The SMILES string of the molecule is COc1cc(Br)cc(/C=C2\SC(=O)N(Cc3ccccc3Br)C2=O)c1O. The van der Waals surface area contributed by atoms with Crippen molar-refractivity contribution in [2.24, 2.45) is 0 Å². The summed E-state index contributed by atoms with van der Waals surface area (Å²) in [7, 11) is 1.44. The molecule has 0 aliphatic carbocycles. The molecule has 0 aromatic heterocycles. The summed E-state index contributed by atoms with van der Waals surface area (Å²) in [6.45, 7) is 0.178. The van der Waals surface area contributed by atoms with Crippen LogP contribution in [0.4, 0.5) is 4.79 Å². The molecule has 8 heteroatoms. The maximum absolute atomic E-state index is 12.7. The number of nitrogens with zero attached hydrogens (tertiary/aromatic N) is 1. The molecular weight excluding hydrogens is 486 g/mol. The summed E-state index contributed by atoms with van der Waals surface area (Å²) in [5, 5.41) is 9.90. The van der Waals surface area contributed by atoms with Gasteiger partial charge in [0.15, 0.2) is 11.5 Å². The Morgan fingerprint density at radius 1 is 1.23 bits per heavy atom. The van der Waals surface area contributed by atoms with Crippen molar-refractivity contribution < 1.29 is 19.4 Å². The zero-order valence-corrected chi connectivity index (χ0v) is 17.5. The molecule has 1 aliphatic heterocycles. The first kappa shape index (κ1) is 19.0. The van der Waals surface area contributed by atoms with E-state index in [0.717, 1.165) is 21.8 Å². The van der Waals surface area contributed by atoms with Crippen LogP contribution in [0.15, 0.2) is 50.2 Å². The standard InChI is InChI=1S/C18H13Br2NO4S/c1-25-14-8-12(19)6-11(16(14)22)7-15-17(23)21(18(24)26-15)9-10-4-2-3-5-13(10)20/h2-8,22H,9H2,1H3/b15-7-. The number of halogens is 2. The molecule has 0 bridgehead atoms. The Bertz CT molecular complexity index is 929. The van der Waals surface area contributed by atoms with Crippen LogP contribution in [-0.4, -0.2) is 28.3 Å². The summed E-state index contributed by atoms with van der Waals surface area (Å²) in [6, 6.07) is 10.7. The summed E-state index contributed by atoms with van der Waals surface area (Å²) in [6.07, 6.45) is 1.49. The number of methoxy groups -OCH3 is 1. The van der Waals surface area contributed by atoms with Gasteiger partial charge in [-0.15, -0.1) is 0 Å². The number of phenols is 1. The van der Waals surface area contributed by atoms with Crippen LogP contribution in [0.1, 0.15) is 11.1 Å². The Morgan fingerprint density at radius 2 is 1.96 bits per heavy atom. The average molecular weight is 499 g/mol. The number of ether oxygens (including phenoxy) is 1.